The topological polar surface area (TPSA) is 120 Å². The number of hydrogen-bond donors (Lipinski definition) is 2. The first-order valence-electron chi connectivity index (χ1n) is 14.7. The minimum absolute atomic E-state index is 0.0615. The number of amides is 3. The number of halogens is 4. The van der Waals surface area contributed by atoms with Gasteiger partial charge in [0.15, 0.2) is 5.69 Å². The molecule has 11 nitrogen and oxygen atoms in total. The van der Waals surface area contributed by atoms with Crippen LogP contribution in [0.3, 0.4) is 0 Å². The van der Waals surface area contributed by atoms with E-state index in [9.17, 15) is 27.2 Å². The Balaban J connectivity index is 1.06. The number of piperazine rings is 1. The van der Waals surface area contributed by atoms with Crippen LogP contribution in [0.25, 0.3) is 0 Å². The number of nitrogens with zero attached hydrogens (tertiary/aromatic N) is 6. The maximum absolute atomic E-state index is 13.9. The summed E-state index contributed by atoms with van der Waals surface area (Å²) in [4.78, 5) is 42.6. The van der Waals surface area contributed by atoms with Crippen molar-refractivity contribution in [2.75, 3.05) is 59.7 Å². The minimum atomic E-state index is -4.91. The van der Waals surface area contributed by atoms with Gasteiger partial charge >= 0.3 is 12.2 Å². The number of urea groups is 1. The van der Waals surface area contributed by atoms with Crippen molar-refractivity contribution >= 4 is 35.3 Å². The summed E-state index contributed by atoms with van der Waals surface area (Å²) in [5.74, 6) is -2.02. The van der Waals surface area contributed by atoms with E-state index in [0.717, 1.165) is 0 Å². The van der Waals surface area contributed by atoms with Crippen molar-refractivity contribution in [2.45, 2.75) is 24.9 Å². The summed E-state index contributed by atoms with van der Waals surface area (Å²) in [5.41, 5.74) is -0.0838. The van der Waals surface area contributed by atoms with Crippen molar-refractivity contribution in [3.05, 3.63) is 89.8 Å². The first-order valence-corrected chi connectivity index (χ1v) is 14.7. The zero-order valence-electron chi connectivity index (χ0n) is 24.5. The molecule has 2 aromatic carbocycles. The Morgan fingerprint density at radius 1 is 0.826 bits per heavy atom. The van der Waals surface area contributed by atoms with Crippen LogP contribution in [-0.2, 0) is 6.18 Å². The van der Waals surface area contributed by atoms with Crippen LogP contribution >= 0.6 is 0 Å². The number of aromatic nitrogens is 3. The van der Waals surface area contributed by atoms with E-state index >= 15 is 0 Å². The number of para-hydroxylation sites is 1. The first-order chi connectivity index (χ1) is 22.2. The molecule has 0 atom stereocenters. The van der Waals surface area contributed by atoms with E-state index in [1.165, 1.54) is 41.1 Å². The van der Waals surface area contributed by atoms with Gasteiger partial charge in [-0.3, -0.25) is 4.79 Å². The number of carbonyl (C=O) groups is 2. The van der Waals surface area contributed by atoms with Crippen LogP contribution in [0.15, 0.2) is 71.4 Å². The van der Waals surface area contributed by atoms with Gasteiger partial charge in [0, 0.05) is 39.3 Å². The predicted molar refractivity (Wildman–Crippen MR) is 161 cm³/mol. The van der Waals surface area contributed by atoms with Crippen LogP contribution in [0, 0.1) is 5.82 Å². The van der Waals surface area contributed by atoms with Gasteiger partial charge in [-0.2, -0.15) is 18.2 Å². The molecule has 0 spiro atoms. The smallest absolute Gasteiger partial charge is 0.417 e. The van der Waals surface area contributed by atoms with Gasteiger partial charge in [-0.1, -0.05) is 42.5 Å². The molecule has 2 fully saturated rings. The SMILES string of the molecule is O=C(Nc1cnc(N2CCN(C(=O)Nc3ccccc3F)CC2)nc1)c1oc(N2CCC(c3ccccc3)CC2)nc1C(F)(F)F. The number of oxazole rings is 1. The molecule has 0 bridgehead atoms. The summed E-state index contributed by atoms with van der Waals surface area (Å²) < 4.78 is 60.9. The van der Waals surface area contributed by atoms with Gasteiger partial charge in [0.05, 0.1) is 23.8 Å². The molecular formula is C31H30F4N8O3. The Morgan fingerprint density at radius 2 is 1.48 bits per heavy atom. The van der Waals surface area contributed by atoms with Crippen molar-refractivity contribution < 1.29 is 31.6 Å². The molecule has 46 heavy (non-hydrogen) atoms. The summed E-state index contributed by atoms with van der Waals surface area (Å²) in [5, 5.41) is 4.92. The number of nitrogens with one attached hydrogen (secondary N) is 2. The van der Waals surface area contributed by atoms with Crippen LogP contribution in [0.4, 0.5) is 45.7 Å². The van der Waals surface area contributed by atoms with Crippen molar-refractivity contribution in [2.24, 2.45) is 0 Å². The fraction of sp³-hybridized carbons (Fsp3) is 0.323. The van der Waals surface area contributed by atoms with Gasteiger partial charge in [-0.15, -0.1) is 0 Å². The van der Waals surface area contributed by atoms with Crippen LogP contribution in [-0.4, -0.2) is 71.1 Å². The monoisotopic (exact) mass is 638 g/mol. The summed E-state index contributed by atoms with van der Waals surface area (Å²) >= 11 is 0. The number of carbonyl (C=O) groups excluding carboxylic acids is 2. The van der Waals surface area contributed by atoms with E-state index in [-0.39, 0.29) is 23.3 Å². The zero-order valence-corrected chi connectivity index (χ0v) is 24.5. The van der Waals surface area contributed by atoms with E-state index in [1.807, 2.05) is 35.2 Å². The molecule has 240 valence electrons. The third-order valence-corrected chi connectivity index (χ3v) is 7.99. The Morgan fingerprint density at radius 3 is 2.13 bits per heavy atom. The zero-order chi connectivity index (χ0) is 32.3. The number of piperidine rings is 1. The Labute approximate surface area is 261 Å². The van der Waals surface area contributed by atoms with Gasteiger partial charge in [-0.05, 0) is 36.5 Å². The lowest BCUT2D eigenvalue weighted by Gasteiger charge is -2.34. The van der Waals surface area contributed by atoms with Crippen molar-refractivity contribution in [3.63, 3.8) is 0 Å². The second kappa shape index (κ2) is 13.0. The number of rotatable bonds is 6. The number of anilines is 4. The van der Waals surface area contributed by atoms with E-state index in [1.54, 1.807) is 11.0 Å². The highest BCUT2D eigenvalue weighted by Gasteiger charge is 2.42. The van der Waals surface area contributed by atoms with E-state index < -0.39 is 35.4 Å². The van der Waals surface area contributed by atoms with Crippen LogP contribution < -0.4 is 20.4 Å². The lowest BCUT2D eigenvalue weighted by atomic mass is 9.90. The first kappa shape index (κ1) is 30.8. The quantitative estimate of drug-likeness (QED) is 0.262. The number of benzene rings is 2. The standard InChI is InChI=1S/C31H30F4N8O3/c32-23-8-4-5-9-24(23)39-29(45)42-16-14-41(15-17-42)28-36-18-22(19-37-28)38-27(44)25-26(31(33,34)35)40-30(46-25)43-12-10-21(11-13-43)20-6-2-1-3-7-20/h1-9,18-19,21H,10-17H2,(H,38,44)(H,39,45). The Bertz CT molecular complexity index is 1670. The number of alkyl halides is 3. The summed E-state index contributed by atoms with van der Waals surface area (Å²) in [7, 11) is 0. The van der Waals surface area contributed by atoms with Crippen molar-refractivity contribution in [1.29, 1.82) is 0 Å². The predicted octanol–water partition coefficient (Wildman–Crippen LogP) is 5.61. The number of hydrogen-bond acceptors (Lipinski definition) is 8. The molecule has 2 saturated heterocycles. The van der Waals surface area contributed by atoms with Gasteiger partial charge in [0.1, 0.15) is 5.82 Å². The molecule has 4 heterocycles. The van der Waals surface area contributed by atoms with Crippen LogP contribution in [0.1, 0.15) is 40.6 Å². The maximum Gasteiger partial charge on any atom is 0.437 e. The van der Waals surface area contributed by atoms with Crippen LogP contribution in [0.5, 0.6) is 0 Å². The molecule has 0 radical (unpaired) electrons. The molecule has 0 aliphatic carbocycles. The van der Waals surface area contributed by atoms with Crippen LogP contribution in [0.2, 0.25) is 0 Å². The molecule has 4 aromatic rings. The lowest BCUT2D eigenvalue weighted by Crippen LogP contribution is -2.50. The fourth-order valence-electron chi connectivity index (χ4n) is 5.52. The highest BCUT2D eigenvalue weighted by atomic mass is 19.4. The molecule has 2 aromatic heterocycles. The second-order valence-electron chi connectivity index (χ2n) is 11.0. The van der Waals surface area contributed by atoms with Gasteiger partial charge in [0.2, 0.25) is 11.7 Å². The highest BCUT2D eigenvalue weighted by Crippen LogP contribution is 2.36. The Hall–Kier alpha value is -5.21. The Kier molecular flexibility index (Phi) is 8.72. The normalized spacial score (nSPS) is 16.0. The molecule has 0 unspecified atom stereocenters. The van der Waals surface area contributed by atoms with Gasteiger partial charge in [0.25, 0.3) is 11.9 Å². The van der Waals surface area contributed by atoms with E-state index in [0.29, 0.717) is 58.1 Å². The second-order valence-corrected chi connectivity index (χ2v) is 11.0. The average Bonchev–Trinajstić information content (AvgIpc) is 3.54. The maximum atomic E-state index is 13.9. The summed E-state index contributed by atoms with van der Waals surface area (Å²) in [6.45, 7) is 2.26. The van der Waals surface area contributed by atoms with Crippen molar-refractivity contribution in [3.8, 4) is 0 Å². The molecule has 6 rings (SSSR count). The van der Waals surface area contributed by atoms with E-state index in [4.69, 9.17) is 4.42 Å². The summed E-state index contributed by atoms with van der Waals surface area (Å²) in [6, 6.07) is 15.1. The van der Waals surface area contributed by atoms with Crippen molar-refractivity contribution in [1.82, 2.24) is 19.9 Å². The minimum Gasteiger partial charge on any atom is -0.417 e. The molecule has 2 aliphatic heterocycles. The highest BCUT2D eigenvalue weighted by molar-refractivity contribution is 6.03. The lowest BCUT2D eigenvalue weighted by molar-refractivity contribution is -0.141. The molecule has 3 amide bonds. The molecule has 15 heteroatoms. The van der Waals surface area contributed by atoms with Gasteiger partial charge < -0.3 is 29.8 Å². The van der Waals surface area contributed by atoms with Gasteiger partial charge in [-0.25, -0.2) is 19.2 Å². The van der Waals surface area contributed by atoms with E-state index in [2.05, 4.69) is 25.6 Å². The fourth-order valence-corrected chi connectivity index (χ4v) is 5.52. The molecule has 2 N–H and O–H groups in total. The molecule has 2 aliphatic rings. The third kappa shape index (κ3) is 6.87. The molecular weight excluding hydrogens is 608 g/mol. The largest absolute Gasteiger partial charge is 0.437 e. The third-order valence-electron chi connectivity index (χ3n) is 7.99. The average molecular weight is 639 g/mol. The molecule has 0 saturated carbocycles. The summed E-state index contributed by atoms with van der Waals surface area (Å²) in [6.07, 6.45) is -0.956.